The Balaban J connectivity index is 1.25. The number of likely N-dealkylation sites (tertiary alicyclic amines) is 1. The first-order valence-corrected chi connectivity index (χ1v) is 10.6. The van der Waals surface area contributed by atoms with Gasteiger partial charge in [0.25, 0.3) is 0 Å². The summed E-state index contributed by atoms with van der Waals surface area (Å²) < 4.78 is 40.1. The fraction of sp³-hybridized carbons (Fsp3) is 0.400. The molecule has 10 heteroatoms. The molecule has 1 aliphatic rings. The predicted molar refractivity (Wildman–Crippen MR) is 112 cm³/mol. The highest BCUT2D eigenvalue weighted by atomic mass is 32.1. The molecule has 1 aromatic carbocycles. The monoisotopic (exact) mass is 436 g/mol. The minimum atomic E-state index is -4.30. The van der Waals surface area contributed by atoms with Crippen molar-refractivity contribution in [1.82, 2.24) is 24.9 Å². The third-order valence-electron chi connectivity index (χ3n) is 5.10. The molecule has 0 saturated carbocycles. The molecular weight excluding hydrogens is 413 g/mol. The summed E-state index contributed by atoms with van der Waals surface area (Å²) in [4.78, 5) is 12.0. The number of hydrogen-bond acceptors (Lipinski definition) is 4. The van der Waals surface area contributed by atoms with Crippen LogP contribution in [0.2, 0.25) is 0 Å². The molecule has 1 fully saturated rings. The van der Waals surface area contributed by atoms with E-state index < -0.39 is 11.7 Å². The van der Waals surface area contributed by atoms with Crippen molar-refractivity contribution >= 4 is 22.3 Å². The lowest BCUT2D eigenvalue weighted by atomic mass is 10.1. The van der Waals surface area contributed by atoms with Gasteiger partial charge in [0.1, 0.15) is 0 Å². The molecule has 30 heavy (non-hydrogen) atoms. The van der Waals surface area contributed by atoms with Gasteiger partial charge >= 0.3 is 6.18 Å². The molecule has 3 aromatic rings. The first-order chi connectivity index (χ1) is 14.4. The second kappa shape index (κ2) is 8.65. The van der Waals surface area contributed by atoms with Gasteiger partial charge in [-0.25, -0.2) is 4.98 Å². The van der Waals surface area contributed by atoms with E-state index in [2.05, 4.69) is 25.5 Å². The van der Waals surface area contributed by atoms with Gasteiger partial charge in [-0.05, 0) is 24.1 Å². The van der Waals surface area contributed by atoms with Crippen molar-refractivity contribution in [1.29, 1.82) is 0 Å². The number of nitrogens with one attached hydrogen (secondary N) is 2. The van der Waals surface area contributed by atoms with Crippen LogP contribution in [-0.2, 0) is 19.3 Å². The van der Waals surface area contributed by atoms with Gasteiger partial charge in [0.15, 0.2) is 10.9 Å². The summed E-state index contributed by atoms with van der Waals surface area (Å²) in [5, 5.41) is 8.71. The molecule has 1 unspecified atom stereocenters. The molecule has 3 heterocycles. The molecule has 2 aromatic heterocycles. The lowest BCUT2D eigenvalue weighted by molar-refractivity contribution is -0.137. The van der Waals surface area contributed by atoms with E-state index in [0.717, 1.165) is 47.9 Å². The Kier molecular flexibility index (Phi) is 5.96. The van der Waals surface area contributed by atoms with Gasteiger partial charge in [-0.15, -0.1) is 11.3 Å². The number of thiazole rings is 1. The second-order valence-corrected chi connectivity index (χ2v) is 8.18. The second-order valence-electron chi connectivity index (χ2n) is 7.31. The van der Waals surface area contributed by atoms with Crippen LogP contribution in [0.4, 0.5) is 13.2 Å². The Morgan fingerprint density at radius 1 is 1.30 bits per heavy atom. The molecule has 0 bridgehead atoms. The zero-order valence-electron chi connectivity index (χ0n) is 16.5. The third kappa shape index (κ3) is 4.93. The molecular formula is C20H23F3N6S. The quantitative estimate of drug-likeness (QED) is 0.476. The highest BCUT2D eigenvalue weighted by Crippen LogP contribution is 2.29. The third-order valence-corrected chi connectivity index (χ3v) is 5.88. The molecule has 0 radical (unpaired) electrons. The Labute approximate surface area is 176 Å². The number of imidazole rings is 1. The zero-order chi connectivity index (χ0) is 21.1. The first-order valence-electron chi connectivity index (χ1n) is 9.67. The average Bonchev–Trinajstić information content (AvgIpc) is 3.41. The Morgan fingerprint density at radius 2 is 2.10 bits per heavy atom. The predicted octanol–water partition coefficient (Wildman–Crippen LogP) is 3.35. The van der Waals surface area contributed by atoms with Gasteiger partial charge < -0.3 is 10.6 Å². The SMILES string of the molecule is CN=C(NCc1cn2ccsc2n1)NC1CCN(Cc2ccc(C(F)(F)F)cc2)C1. The standard InChI is InChI=1S/C20H23F3N6S/c1-24-18(25-10-17-13-29-8-9-30-19(29)27-17)26-16-6-7-28(12-16)11-14-2-4-15(5-3-14)20(21,22)23/h2-5,8-9,13,16H,6-7,10-12H2,1H3,(H2,24,25,26). The van der Waals surface area contributed by atoms with E-state index in [1.807, 2.05) is 22.2 Å². The molecule has 0 amide bonds. The zero-order valence-corrected chi connectivity index (χ0v) is 17.3. The van der Waals surface area contributed by atoms with Crippen LogP contribution >= 0.6 is 11.3 Å². The van der Waals surface area contributed by atoms with Crippen molar-refractivity contribution in [2.24, 2.45) is 4.99 Å². The molecule has 160 valence electrons. The van der Waals surface area contributed by atoms with E-state index in [4.69, 9.17) is 0 Å². The molecule has 1 atom stereocenters. The highest BCUT2D eigenvalue weighted by molar-refractivity contribution is 7.15. The van der Waals surface area contributed by atoms with Crippen LogP contribution in [0.5, 0.6) is 0 Å². The number of rotatable bonds is 5. The van der Waals surface area contributed by atoms with Crippen LogP contribution in [-0.4, -0.2) is 46.4 Å². The van der Waals surface area contributed by atoms with Crippen LogP contribution in [0.25, 0.3) is 4.96 Å². The molecule has 2 N–H and O–H groups in total. The number of alkyl halides is 3. The number of nitrogens with zero attached hydrogens (tertiary/aromatic N) is 4. The summed E-state index contributed by atoms with van der Waals surface area (Å²) >= 11 is 1.59. The molecule has 4 rings (SSSR count). The van der Waals surface area contributed by atoms with E-state index in [9.17, 15) is 13.2 Å². The van der Waals surface area contributed by atoms with Gasteiger partial charge in [-0.1, -0.05) is 12.1 Å². The maximum Gasteiger partial charge on any atom is 0.416 e. The van der Waals surface area contributed by atoms with Crippen LogP contribution in [0.15, 0.2) is 47.0 Å². The Hall–Kier alpha value is -2.59. The molecule has 0 aliphatic carbocycles. The number of benzene rings is 1. The summed E-state index contributed by atoms with van der Waals surface area (Å²) in [7, 11) is 1.73. The number of fused-ring (bicyclic) bond motifs is 1. The van der Waals surface area contributed by atoms with E-state index in [1.165, 1.54) is 0 Å². The van der Waals surface area contributed by atoms with Gasteiger partial charge in [-0.3, -0.25) is 14.3 Å². The number of halogens is 3. The van der Waals surface area contributed by atoms with Crippen molar-refractivity contribution in [2.45, 2.75) is 31.7 Å². The summed E-state index contributed by atoms with van der Waals surface area (Å²) in [6.45, 7) is 2.90. The Morgan fingerprint density at radius 3 is 2.80 bits per heavy atom. The summed E-state index contributed by atoms with van der Waals surface area (Å²) in [5.74, 6) is 0.715. The number of hydrogen-bond donors (Lipinski definition) is 2. The topological polar surface area (TPSA) is 57.0 Å². The van der Waals surface area contributed by atoms with Crippen LogP contribution in [0.3, 0.4) is 0 Å². The minimum absolute atomic E-state index is 0.233. The number of guanidine groups is 1. The number of aliphatic imine (C=N–C) groups is 1. The van der Waals surface area contributed by atoms with E-state index in [-0.39, 0.29) is 6.04 Å². The summed E-state index contributed by atoms with van der Waals surface area (Å²) in [5.41, 5.74) is 1.21. The minimum Gasteiger partial charge on any atom is -0.352 e. The van der Waals surface area contributed by atoms with Crippen LogP contribution < -0.4 is 10.6 Å². The maximum atomic E-state index is 12.7. The first kappa shape index (κ1) is 20.7. The van der Waals surface area contributed by atoms with Crippen molar-refractivity contribution in [2.75, 3.05) is 20.1 Å². The number of aromatic nitrogens is 2. The fourth-order valence-electron chi connectivity index (χ4n) is 3.57. The van der Waals surface area contributed by atoms with Gasteiger partial charge in [-0.2, -0.15) is 13.2 Å². The van der Waals surface area contributed by atoms with E-state index in [0.29, 0.717) is 19.0 Å². The van der Waals surface area contributed by atoms with E-state index in [1.54, 1.807) is 30.5 Å². The van der Waals surface area contributed by atoms with Gasteiger partial charge in [0, 0.05) is 50.5 Å². The normalized spacial score (nSPS) is 18.3. The van der Waals surface area contributed by atoms with Crippen molar-refractivity contribution < 1.29 is 13.2 Å². The maximum absolute atomic E-state index is 12.7. The molecule has 1 aliphatic heterocycles. The highest BCUT2D eigenvalue weighted by Gasteiger charge is 2.30. The van der Waals surface area contributed by atoms with Crippen LogP contribution in [0, 0.1) is 0 Å². The largest absolute Gasteiger partial charge is 0.416 e. The van der Waals surface area contributed by atoms with Gasteiger partial charge in [0.05, 0.1) is 17.8 Å². The smallest absolute Gasteiger partial charge is 0.352 e. The molecule has 6 nitrogen and oxygen atoms in total. The molecule has 0 spiro atoms. The molecule has 1 saturated heterocycles. The van der Waals surface area contributed by atoms with Crippen molar-refractivity contribution in [3.63, 3.8) is 0 Å². The fourth-order valence-corrected chi connectivity index (χ4v) is 4.29. The average molecular weight is 437 g/mol. The van der Waals surface area contributed by atoms with Gasteiger partial charge in [0.2, 0.25) is 0 Å². The Bertz CT molecular complexity index is 979. The summed E-state index contributed by atoms with van der Waals surface area (Å²) in [6.07, 6.45) is 0.624. The lowest BCUT2D eigenvalue weighted by Gasteiger charge is -2.19. The lowest BCUT2D eigenvalue weighted by Crippen LogP contribution is -2.44. The summed E-state index contributed by atoms with van der Waals surface area (Å²) in [6, 6.07) is 5.63. The van der Waals surface area contributed by atoms with Crippen molar-refractivity contribution in [3.05, 3.63) is 58.9 Å². The van der Waals surface area contributed by atoms with Crippen molar-refractivity contribution in [3.8, 4) is 0 Å². The van der Waals surface area contributed by atoms with E-state index >= 15 is 0 Å². The van der Waals surface area contributed by atoms with Crippen LogP contribution in [0.1, 0.15) is 23.2 Å².